The van der Waals surface area contributed by atoms with Crippen LogP contribution in [0.4, 0.5) is 0 Å². The van der Waals surface area contributed by atoms with Crippen molar-refractivity contribution in [3.63, 3.8) is 0 Å². The van der Waals surface area contributed by atoms with Crippen LogP contribution in [0, 0.1) is 0 Å². The number of benzene rings is 12. The van der Waals surface area contributed by atoms with Gasteiger partial charge in [-0.3, -0.25) is 17.9 Å². The second kappa shape index (κ2) is 20.5. The number of imidazole rings is 4. The summed E-state index contributed by atoms with van der Waals surface area (Å²) in [6.45, 7) is 0. The van der Waals surface area contributed by atoms with E-state index in [-0.39, 0.29) is 0 Å². The van der Waals surface area contributed by atoms with E-state index in [4.69, 9.17) is 39.9 Å². The minimum absolute atomic E-state index is 0.438. The molecule has 0 N–H and O–H groups in total. The molecule has 14 nitrogen and oxygen atoms in total. The molecule has 0 aliphatic rings. The number of para-hydroxylation sites is 12. The Morgan fingerprint density at radius 3 is 0.884 bits per heavy atom. The molecular weight excluding hydrogens is 1190 g/mol. The van der Waals surface area contributed by atoms with Gasteiger partial charge < -0.3 is 0 Å². The van der Waals surface area contributed by atoms with E-state index in [1.165, 1.54) is 10.4 Å². The quantitative estimate of drug-likeness (QED) is 0.0977. The van der Waals surface area contributed by atoms with Crippen molar-refractivity contribution in [2.75, 3.05) is 0 Å². The van der Waals surface area contributed by atoms with Gasteiger partial charge in [-0.15, -0.1) is 0 Å². The molecule has 0 amide bonds. The van der Waals surface area contributed by atoms with Crippen molar-refractivity contribution >= 4 is 128 Å². The van der Waals surface area contributed by atoms with Crippen LogP contribution >= 0.6 is 0 Å². The summed E-state index contributed by atoms with van der Waals surface area (Å²) in [7, 11) is -3.41. The SMILES string of the molecule is c1ccc([Si](c2ccccc2)(c2cccc(-c3nc(-n4c5ccccc5c5ccccc54)nc(-n4c5ccccc5n5c6ccccc6nc45)n3)c2)c2cccc(-c3nc(-n4c5ccccc5c5ccccc54)nc(-n4c5ccccc5n5c6ccccc6nc45)n3)c2)cc1. The molecule has 0 spiro atoms. The van der Waals surface area contributed by atoms with Crippen molar-refractivity contribution in [1.29, 1.82) is 0 Å². The number of rotatable bonds is 10. The number of nitrogens with zero attached hydrogens (tertiary/aromatic N) is 14. The van der Waals surface area contributed by atoms with E-state index in [0.717, 1.165) is 109 Å². The normalized spacial score (nSPS) is 12.2. The number of hydrogen-bond donors (Lipinski definition) is 0. The van der Waals surface area contributed by atoms with Gasteiger partial charge in [0.05, 0.1) is 66.2 Å². The lowest BCUT2D eigenvalue weighted by Crippen LogP contribution is -2.74. The van der Waals surface area contributed by atoms with Gasteiger partial charge in [0.2, 0.25) is 35.3 Å². The first-order valence-electron chi connectivity index (χ1n) is 31.7. The maximum absolute atomic E-state index is 5.59. The minimum atomic E-state index is -3.41. The van der Waals surface area contributed by atoms with Crippen molar-refractivity contribution in [2.24, 2.45) is 0 Å². The van der Waals surface area contributed by atoms with Crippen LogP contribution in [0.15, 0.2) is 303 Å². The van der Waals surface area contributed by atoms with Crippen LogP contribution in [0.5, 0.6) is 0 Å². The molecule has 0 saturated heterocycles. The highest BCUT2D eigenvalue weighted by molar-refractivity contribution is 7.20. The topological polar surface area (TPSA) is 132 Å². The predicted octanol–water partition coefficient (Wildman–Crippen LogP) is 14.5. The summed E-state index contributed by atoms with van der Waals surface area (Å²) in [6.07, 6.45) is 0. The van der Waals surface area contributed by atoms with E-state index in [1.807, 2.05) is 12.1 Å². The van der Waals surface area contributed by atoms with Gasteiger partial charge in [0.25, 0.3) is 0 Å². The van der Waals surface area contributed by atoms with Crippen molar-refractivity contribution in [1.82, 2.24) is 66.9 Å². The van der Waals surface area contributed by atoms with E-state index in [9.17, 15) is 0 Å². The van der Waals surface area contributed by atoms with Crippen molar-refractivity contribution < 1.29 is 0 Å². The standard InChI is InChI=1S/C80H50N14Si/c1-3-27-53(28-4-1)95(54-29-5-2-6-30-54,55-31-23-25-51(49-55)73-83-75(89-63-39-13-7-33-57(63)58-34-8-14-40-64(58)89)87-77(85-73)93-71-47-21-19-45-69(71)91-67-43-17-11-37-61(67)81-79(91)93)56-32-24-26-52(50-56)74-84-76(90-65-41-15-9-35-59(65)60-36-10-16-42-66(60)90)88-78(86-74)94-72-48-22-20-46-70(72)92-68-44-18-12-38-62(68)82-80(92)94/h1-50H. The van der Waals surface area contributed by atoms with Crippen molar-refractivity contribution in [3.05, 3.63) is 303 Å². The molecule has 20 rings (SSSR count). The molecule has 12 aromatic carbocycles. The smallest absolute Gasteiger partial charge is 0.242 e. The van der Waals surface area contributed by atoms with Crippen LogP contribution in [0.1, 0.15) is 0 Å². The second-order valence-electron chi connectivity index (χ2n) is 24.0. The van der Waals surface area contributed by atoms with Gasteiger partial charge in [-0.05, 0) is 93.5 Å². The summed E-state index contributed by atoms with van der Waals surface area (Å²) in [5, 5.41) is 9.01. The molecular formula is C80H50N14Si. The average Bonchev–Trinajstić information content (AvgIpc) is 1.68. The zero-order chi connectivity index (χ0) is 62.3. The van der Waals surface area contributed by atoms with E-state index < -0.39 is 8.07 Å². The van der Waals surface area contributed by atoms with Crippen LogP contribution in [-0.4, -0.2) is 75.0 Å². The third-order valence-electron chi connectivity index (χ3n) is 18.9. The lowest BCUT2D eigenvalue weighted by molar-refractivity contribution is 0.884. The highest BCUT2D eigenvalue weighted by Gasteiger charge is 2.42. The molecule has 0 fully saturated rings. The summed E-state index contributed by atoms with van der Waals surface area (Å²) >= 11 is 0. The molecule has 0 bridgehead atoms. The van der Waals surface area contributed by atoms with Gasteiger partial charge in [-0.2, -0.15) is 29.9 Å². The third-order valence-corrected chi connectivity index (χ3v) is 23.7. The molecule has 0 aliphatic carbocycles. The van der Waals surface area contributed by atoms with Gasteiger partial charge >= 0.3 is 0 Å². The van der Waals surface area contributed by atoms with Gasteiger partial charge in [0.1, 0.15) is 0 Å². The fourth-order valence-corrected chi connectivity index (χ4v) is 19.7. The van der Waals surface area contributed by atoms with Crippen molar-refractivity contribution in [3.8, 4) is 46.6 Å². The van der Waals surface area contributed by atoms with Crippen LogP contribution in [0.3, 0.4) is 0 Å². The van der Waals surface area contributed by atoms with Gasteiger partial charge in [-0.25, -0.2) is 19.1 Å². The zero-order valence-electron chi connectivity index (χ0n) is 50.6. The Morgan fingerprint density at radius 1 is 0.211 bits per heavy atom. The highest BCUT2D eigenvalue weighted by atomic mass is 28.3. The fraction of sp³-hybridized carbons (Fsp3) is 0. The Bertz CT molecular complexity index is 6010. The van der Waals surface area contributed by atoms with E-state index in [2.05, 4.69) is 318 Å². The lowest BCUT2D eigenvalue weighted by Gasteiger charge is -2.35. The van der Waals surface area contributed by atoms with Gasteiger partial charge in [0, 0.05) is 32.7 Å². The first-order chi connectivity index (χ1) is 47.1. The Labute approximate surface area is 541 Å². The molecule has 0 unspecified atom stereocenters. The van der Waals surface area contributed by atoms with Crippen LogP contribution < -0.4 is 20.7 Å². The Kier molecular flexibility index (Phi) is 11.4. The second-order valence-corrected chi connectivity index (χ2v) is 27.8. The van der Waals surface area contributed by atoms with Crippen LogP contribution in [0.25, 0.3) is 146 Å². The van der Waals surface area contributed by atoms with E-state index in [0.29, 0.717) is 47.0 Å². The third kappa shape index (κ3) is 7.78. The zero-order valence-corrected chi connectivity index (χ0v) is 51.6. The maximum atomic E-state index is 5.59. The largest absolute Gasteiger partial charge is 0.278 e. The number of fused-ring (bicyclic) bond motifs is 16. The summed E-state index contributed by atoms with van der Waals surface area (Å²) < 4.78 is 12.9. The summed E-state index contributed by atoms with van der Waals surface area (Å²) in [5.74, 6) is 4.24. The highest BCUT2D eigenvalue weighted by Crippen LogP contribution is 2.37. The Balaban J connectivity index is 0.835. The predicted molar refractivity (Wildman–Crippen MR) is 383 cm³/mol. The molecule has 0 radical (unpaired) electrons. The lowest BCUT2D eigenvalue weighted by atomic mass is 10.2. The monoisotopic (exact) mass is 1230 g/mol. The Hall–Kier alpha value is -13.0. The number of hydrogen-bond acceptors (Lipinski definition) is 8. The molecule has 8 aromatic heterocycles. The molecule has 20 aromatic rings. The van der Waals surface area contributed by atoms with E-state index >= 15 is 0 Å². The van der Waals surface area contributed by atoms with Gasteiger partial charge in [-0.1, -0.05) is 231 Å². The minimum Gasteiger partial charge on any atom is -0.278 e. The summed E-state index contributed by atoms with van der Waals surface area (Å²) in [5.41, 5.74) is 13.1. The van der Waals surface area contributed by atoms with Crippen molar-refractivity contribution in [2.45, 2.75) is 0 Å². The van der Waals surface area contributed by atoms with Crippen LogP contribution in [-0.2, 0) is 0 Å². The molecule has 95 heavy (non-hydrogen) atoms. The molecule has 0 aliphatic heterocycles. The first-order valence-corrected chi connectivity index (χ1v) is 33.7. The molecule has 15 heteroatoms. The molecule has 0 atom stereocenters. The molecule has 0 saturated carbocycles. The number of aromatic nitrogens is 14. The van der Waals surface area contributed by atoms with E-state index in [1.54, 1.807) is 0 Å². The average molecular weight is 1240 g/mol. The summed E-state index contributed by atoms with van der Waals surface area (Å²) in [6, 6.07) is 107. The molecule has 444 valence electrons. The maximum Gasteiger partial charge on any atom is 0.242 e. The fourth-order valence-electron chi connectivity index (χ4n) is 14.9. The summed E-state index contributed by atoms with van der Waals surface area (Å²) in [4.78, 5) is 44.0. The Morgan fingerprint density at radius 2 is 0.505 bits per heavy atom. The van der Waals surface area contributed by atoms with Crippen LogP contribution in [0.2, 0.25) is 0 Å². The van der Waals surface area contributed by atoms with Gasteiger partial charge in [0.15, 0.2) is 19.7 Å². The first kappa shape index (κ1) is 52.8. The molecule has 8 heterocycles.